The number of aryl methyl sites for hydroxylation is 2. The van der Waals surface area contributed by atoms with E-state index in [1.54, 1.807) is 30.1 Å². The molecular formula is C19H19ClN4OS2. The van der Waals surface area contributed by atoms with Gasteiger partial charge < -0.3 is 10.6 Å². The molecule has 4 rings (SSSR count). The molecule has 0 unspecified atom stereocenters. The first kappa shape index (κ1) is 18.5. The minimum Gasteiger partial charge on any atom is -0.360 e. The van der Waals surface area contributed by atoms with Gasteiger partial charge >= 0.3 is 0 Å². The van der Waals surface area contributed by atoms with Gasteiger partial charge in [0, 0.05) is 21.8 Å². The summed E-state index contributed by atoms with van der Waals surface area (Å²) in [5, 5.41) is 7.68. The second-order valence-corrected chi connectivity index (χ2v) is 8.86. The normalized spacial score (nSPS) is 13.0. The van der Waals surface area contributed by atoms with Crippen molar-refractivity contribution in [1.29, 1.82) is 0 Å². The molecule has 1 aliphatic rings. The molecule has 0 aliphatic heterocycles. The van der Waals surface area contributed by atoms with Gasteiger partial charge in [-0.2, -0.15) is 0 Å². The molecule has 1 aromatic carbocycles. The van der Waals surface area contributed by atoms with Gasteiger partial charge in [0.25, 0.3) is 0 Å². The lowest BCUT2D eigenvalue weighted by Gasteiger charge is -2.10. The number of nitrogens with zero attached hydrogens (tertiary/aromatic N) is 2. The number of benzene rings is 1. The van der Waals surface area contributed by atoms with Crippen molar-refractivity contribution in [2.45, 2.75) is 29.9 Å². The van der Waals surface area contributed by atoms with E-state index in [1.165, 1.54) is 16.9 Å². The molecule has 3 aromatic rings. The lowest BCUT2D eigenvalue weighted by Crippen LogP contribution is -2.26. The quantitative estimate of drug-likeness (QED) is 0.585. The summed E-state index contributed by atoms with van der Waals surface area (Å²) in [6, 6.07) is 7.76. The van der Waals surface area contributed by atoms with E-state index >= 15 is 0 Å². The molecule has 27 heavy (non-hydrogen) atoms. The Hall–Kier alpha value is -1.83. The topological polar surface area (TPSA) is 66.9 Å². The number of fused-ring (bicyclic) bond motifs is 3. The highest BCUT2D eigenvalue weighted by molar-refractivity contribution is 7.98. The molecule has 5 nitrogen and oxygen atoms in total. The van der Waals surface area contributed by atoms with Crippen molar-refractivity contribution in [2.24, 2.45) is 0 Å². The Morgan fingerprint density at radius 3 is 2.85 bits per heavy atom. The number of nitrogens with one attached hydrogen (secondary N) is 2. The van der Waals surface area contributed by atoms with Crippen LogP contribution >= 0.6 is 34.7 Å². The summed E-state index contributed by atoms with van der Waals surface area (Å²) >= 11 is 9.38. The Kier molecular flexibility index (Phi) is 5.52. The SMILES string of the molecule is CNC(=O)CNc1nc(CSc2ccc(Cl)cc2)nc2sc3c(c12)CCC3. The fraction of sp³-hybridized carbons (Fsp3) is 0.316. The summed E-state index contributed by atoms with van der Waals surface area (Å²) in [6.45, 7) is 0.205. The fourth-order valence-corrected chi connectivity index (χ4v) is 5.32. The fourth-order valence-electron chi connectivity index (χ4n) is 3.16. The number of halogens is 1. The van der Waals surface area contributed by atoms with Crippen LogP contribution in [0, 0.1) is 0 Å². The monoisotopic (exact) mass is 418 g/mol. The molecule has 0 radical (unpaired) electrons. The van der Waals surface area contributed by atoms with Crippen LogP contribution in [0.3, 0.4) is 0 Å². The van der Waals surface area contributed by atoms with Gasteiger partial charge in [-0.05, 0) is 49.1 Å². The van der Waals surface area contributed by atoms with Crippen LogP contribution in [0.15, 0.2) is 29.2 Å². The van der Waals surface area contributed by atoms with Crippen LogP contribution in [0.4, 0.5) is 5.82 Å². The van der Waals surface area contributed by atoms with E-state index in [0.29, 0.717) is 5.75 Å². The van der Waals surface area contributed by atoms with E-state index in [-0.39, 0.29) is 12.5 Å². The average Bonchev–Trinajstić information content (AvgIpc) is 3.26. The number of hydrogen-bond acceptors (Lipinski definition) is 6. The third-order valence-electron chi connectivity index (χ3n) is 4.49. The number of likely N-dealkylation sites (N-methyl/N-ethyl adjacent to an activating group) is 1. The zero-order valence-electron chi connectivity index (χ0n) is 14.8. The third kappa shape index (κ3) is 4.05. The van der Waals surface area contributed by atoms with Crippen LogP contribution in [0.2, 0.25) is 5.02 Å². The zero-order chi connectivity index (χ0) is 18.8. The minimum absolute atomic E-state index is 0.0641. The van der Waals surface area contributed by atoms with Crippen LogP contribution in [0.25, 0.3) is 10.2 Å². The van der Waals surface area contributed by atoms with Gasteiger partial charge in [0.15, 0.2) is 0 Å². The van der Waals surface area contributed by atoms with Gasteiger partial charge in [0.2, 0.25) is 5.91 Å². The van der Waals surface area contributed by atoms with Gasteiger partial charge in [0.05, 0.1) is 17.7 Å². The summed E-state index contributed by atoms with van der Waals surface area (Å²) in [5.41, 5.74) is 1.35. The van der Waals surface area contributed by atoms with E-state index in [2.05, 4.69) is 10.6 Å². The van der Waals surface area contributed by atoms with E-state index in [9.17, 15) is 4.79 Å². The lowest BCUT2D eigenvalue weighted by molar-refractivity contribution is -0.118. The number of thiophene rings is 1. The van der Waals surface area contributed by atoms with Gasteiger partial charge in [0.1, 0.15) is 16.5 Å². The first-order chi connectivity index (χ1) is 13.1. The molecule has 0 atom stereocenters. The number of hydrogen-bond donors (Lipinski definition) is 2. The number of carbonyl (C=O) groups is 1. The summed E-state index contributed by atoms with van der Waals surface area (Å²) in [5.74, 6) is 2.14. The maximum atomic E-state index is 11.7. The average molecular weight is 419 g/mol. The molecule has 2 N–H and O–H groups in total. The Labute approximate surface area is 170 Å². The van der Waals surface area contributed by atoms with Gasteiger partial charge in [-0.25, -0.2) is 9.97 Å². The van der Waals surface area contributed by atoms with Gasteiger partial charge in [-0.3, -0.25) is 4.79 Å². The maximum Gasteiger partial charge on any atom is 0.239 e. The lowest BCUT2D eigenvalue weighted by atomic mass is 10.2. The van der Waals surface area contributed by atoms with Crippen LogP contribution in [-0.4, -0.2) is 29.5 Å². The first-order valence-corrected chi connectivity index (χ1v) is 11.0. The molecule has 0 bridgehead atoms. The zero-order valence-corrected chi connectivity index (χ0v) is 17.2. The van der Waals surface area contributed by atoms with Gasteiger partial charge in [-0.15, -0.1) is 23.1 Å². The predicted molar refractivity (Wildman–Crippen MR) is 113 cm³/mol. The van der Waals surface area contributed by atoms with E-state index < -0.39 is 0 Å². The second-order valence-electron chi connectivity index (χ2n) is 6.30. The molecule has 0 fully saturated rings. The number of carbonyl (C=O) groups excluding carboxylic acids is 1. The molecular weight excluding hydrogens is 400 g/mol. The molecule has 2 aromatic heterocycles. The summed E-state index contributed by atoms with van der Waals surface area (Å²) in [4.78, 5) is 24.8. The van der Waals surface area contributed by atoms with Crippen LogP contribution in [-0.2, 0) is 23.4 Å². The predicted octanol–water partition coefficient (Wildman–Crippen LogP) is 4.28. The molecule has 8 heteroatoms. The van der Waals surface area contributed by atoms with Crippen molar-refractivity contribution in [3.63, 3.8) is 0 Å². The summed E-state index contributed by atoms with van der Waals surface area (Å²) in [6.07, 6.45) is 3.35. The molecule has 2 heterocycles. The highest BCUT2D eigenvalue weighted by Gasteiger charge is 2.22. The summed E-state index contributed by atoms with van der Waals surface area (Å²) < 4.78 is 0. The Morgan fingerprint density at radius 2 is 2.07 bits per heavy atom. The highest BCUT2D eigenvalue weighted by Crippen LogP contribution is 2.39. The van der Waals surface area contributed by atoms with E-state index in [4.69, 9.17) is 21.6 Å². The molecule has 1 aliphatic carbocycles. The Morgan fingerprint density at radius 1 is 1.26 bits per heavy atom. The van der Waals surface area contributed by atoms with E-state index in [0.717, 1.165) is 44.6 Å². The molecule has 0 saturated carbocycles. The summed E-state index contributed by atoms with van der Waals surface area (Å²) in [7, 11) is 1.63. The molecule has 140 valence electrons. The minimum atomic E-state index is -0.0641. The number of amides is 1. The Bertz CT molecular complexity index is 988. The number of aromatic nitrogens is 2. The molecule has 1 amide bonds. The van der Waals surface area contributed by atoms with Crippen molar-refractivity contribution in [3.8, 4) is 0 Å². The van der Waals surface area contributed by atoms with E-state index in [1.807, 2.05) is 24.3 Å². The first-order valence-electron chi connectivity index (χ1n) is 8.78. The smallest absolute Gasteiger partial charge is 0.239 e. The maximum absolute atomic E-state index is 11.7. The molecule has 0 spiro atoms. The molecule has 0 saturated heterocycles. The van der Waals surface area contributed by atoms with Crippen molar-refractivity contribution in [1.82, 2.24) is 15.3 Å². The Balaban J connectivity index is 1.62. The number of thioether (sulfide) groups is 1. The van der Waals surface area contributed by atoms with Crippen LogP contribution in [0.5, 0.6) is 0 Å². The standard InChI is InChI=1S/C19H19ClN4OS2/c1-21-16(25)9-22-18-17-13-3-2-4-14(13)27-19(17)24-15(23-18)10-26-12-7-5-11(20)6-8-12/h5-8H,2-4,9-10H2,1H3,(H,21,25)(H,22,23,24). The van der Waals surface area contributed by atoms with Crippen molar-refractivity contribution < 1.29 is 4.79 Å². The van der Waals surface area contributed by atoms with Crippen LogP contribution in [0.1, 0.15) is 22.7 Å². The third-order valence-corrected chi connectivity index (χ3v) is 6.93. The number of rotatable bonds is 6. The largest absolute Gasteiger partial charge is 0.360 e. The highest BCUT2D eigenvalue weighted by atomic mass is 35.5. The van der Waals surface area contributed by atoms with Gasteiger partial charge in [-0.1, -0.05) is 11.6 Å². The van der Waals surface area contributed by atoms with Crippen molar-refractivity contribution in [3.05, 3.63) is 45.6 Å². The second kappa shape index (κ2) is 8.04. The number of anilines is 1. The van der Waals surface area contributed by atoms with Crippen molar-refractivity contribution >= 4 is 56.6 Å². The van der Waals surface area contributed by atoms with Crippen LogP contribution < -0.4 is 10.6 Å². The van der Waals surface area contributed by atoms with Crippen molar-refractivity contribution in [2.75, 3.05) is 18.9 Å².